The van der Waals surface area contributed by atoms with Crippen LogP contribution in [0.15, 0.2) is 30.3 Å². The van der Waals surface area contributed by atoms with Crippen molar-refractivity contribution >= 4 is 11.8 Å². The molecule has 0 saturated heterocycles. The van der Waals surface area contributed by atoms with Gasteiger partial charge in [0.05, 0.1) is 24.8 Å². The number of methoxy groups -OCH3 is 1. The topological polar surface area (TPSA) is 82.1 Å². The van der Waals surface area contributed by atoms with Gasteiger partial charge in [0.1, 0.15) is 23.9 Å². The molecule has 1 N–H and O–H groups in total. The standard InChI is InChI=1S/C26H34O6/c1-5-7-8-9-15-31-25-21(18(3)27)13-14-23(22(25)10-6-2)32-17-20-12-11-19(26(28)29)16-24(20)30-4/h11-14,16H,5-10,15,17H2,1-4H3,(H,28,29). The van der Waals surface area contributed by atoms with Crippen molar-refractivity contribution in [3.05, 3.63) is 52.6 Å². The maximum Gasteiger partial charge on any atom is 0.335 e. The summed E-state index contributed by atoms with van der Waals surface area (Å²) in [6, 6.07) is 8.27. The first kappa shape index (κ1) is 25.2. The molecule has 2 rings (SSSR count). The number of hydrogen-bond acceptors (Lipinski definition) is 5. The van der Waals surface area contributed by atoms with E-state index in [9.17, 15) is 14.7 Å². The molecule has 0 aromatic heterocycles. The summed E-state index contributed by atoms with van der Waals surface area (Å²) >= 11 is 0. The third-order valence-corrected chi connectivity index (χ3v) is 5.26. The van der Waals surface area contributed by atoms with Crippen LogP contribution in [-0.2, 0) is 13.0 Å². The van der Waals surface area contributed by atoms with Crippen LogP contribution in [0.25, 0.3) is 0 Å². The predicted octanol–water partition coefficient (Wildman–Crippen LogP) is 6.09. The first-order chi connectivity index (χ1) is 15.4. The largest absolute Gasteiger partial charge is 0.496 e. The van der Waals surface area contributed by atoms with Gasteiger partial charge in [-0.25, -0.2) is 4.79 Å². The Balaban J connectivity index is 2.29. The van der Waals surface area contributed by atoms with Crippen molar-refractivity contribution in [2.24, 2.45) is 0 Å². The Morgan fingerprint density at radius 3 is 2.34 bits per heavy atom. The van der Waals surface area contributed by atoms with Crippen LogP contribution in [0.2, 0.25) is 0 Å². The van der Waals surface area contributed by atoms with Crippen molar-refractivity contribution in [2.75, 3.05) is 13.7 Å². The lowest BCUT2D eigenvalue weighted by Gasteiger charge is -2.19. The number of unbranched alkanes of at least 4 members (excludes halogenated alkanes) is 3. The molecule has 0 fully saturated rings. The quantitative estimate of drug-likeness (QED) is 0.282. The average molecular weight is 443 g/mol. The molecule has 0 aliphatic heterocycles. The highest BCUT2D eigenvalue weighted by atomic mass is 16.5. The van der Waals surface area contributed by atoms with Gasteiger partial charge >= 0.3 is 5.97 Å². The zero-order valence-electron chi connectivity index (χ0n) is 19.5. The molecule has 0 saturated carbocycles. The molecule has 0 bridgehead atoms. The SMILES string of the molecule is CCCCCCOc1c(C(C)=O)ccc(OCc2ccc(C(=O)O)cc2OC)c1CCC. The highest BCUT2D eigenvalue weighted by Crippen LogP contribution is 2.35. The van der Waals surface area contributed by atoms with Gasteiger partial charge in [0.25, 0.3) is 0 Å². The number of hydrogen-bond donors (Lipinski definition) is 1. The van der Waals surface area contributed by atoms with Crippen LogP contribution >= 0.6 is 0 Å². The van der Waals surface area contributed by atoms with E-state index < -0.39 is 5.97 Å². The van der Waals surface area contributed by atoms with Crippen LogP contribution in [-0.4, -0.2) is 30.6 Å². The number of rotatable bonds is 14. The van der Waals surface area contributed by atoms with E-state index in [2.05, 4.69) is 13.8 Å². The van der Waals surface area contributed by atoms with Gasteiger partial charge in [-0.3, -0.25) is 4.79 Å². The second-order valence-corrected chi connectivity index (χ2v) is 7.75. The van der Waals surface area contributed by atoms with Crippen molar-refractivity contribution in [3.63, 3.8) is 0 Å². The minimum absolute atomic E-state index is 0.0385. The molecule has 0 heterocycles. The lowest BCUT2D eigenvalue weighted by atomic mass is 10.0. The van der Waals surface area contributed by atoms with E-state index in [0.717, 1.165) is 49.7 Å². The number of benzene rings is 2. The molecule has 6 nitrogen and oxygen atoms in total. The number of carbonyl (C=O) groups is 2. The van der Waals surface area contributed by atoms with E-state index >= 15 is 0 Å². The van der Waals surface area contributed by atoms with Crippen molar-refractivity contribution < 1.29 is 28.9 Å². The first-order valence-electron chi connectivity index (χ1n) is 11.2. The second-order valence-electron chi connectivity index (χ2n) is 7.75. The van der Waals surface area contributed by atoms with Gasteiger partial charge in [-0.05, 0) is 44.0 Å². The Kier molecular flexibility index (Phi) is 10.1. The lowest BCUT2D eigenvalue weighted by Crippen LogP contribution is -2.09. The van der Waals surface area contributed by atoms with E-state index in [-0.39, 0.29) is 18.0 Å². The van der Waals surface area contributed by atoms with Crippen LogP contribution in [0.3, 0.4) is 0 Å². The van der Waals surface area contributed by atoms with E-state index in [0.29, 0.717) is 29.4 Å². The summed E-state index contributed by atoms with van der Waals surface area (Å²) in [5, 5.41) is 9.19. The summed E-state index contributed by atoms with van der Waals surface area (Å²) in [6.07, 6.45) is 5.94. The molecular formula is C26H34O6. The van der Waals surface area contributed by atoms with Crippen molar-refractivity contribution in [3.8, 4) is 17.2 Å². The summed E-state index contributed by atoms with van der Waals surface area (Å²) < 4.78 is 17.6. The fourth-order valence-corrected chi connectivity index (χ4v) is 3.53. The zero-order chi connectivity index (χ0) is 23.5. The number of ether oxygens (including phenoxy) is 3. The van der Waals surface area contributed by atoms with Gasteiger partial charge in [0.15, 0.2) is 5.78 Å². The number of carboxylic acid groups (broad SMARTS) is 1. The van der Waals surface area contributed by atoms with E-state index in [1.807, 2.05) is 6.07 Å². The maximum absolute atomic E-state index is 12.2. The van der Waals surface area contributed by atoms with Gasteiger partial charge in [0, 0.05) is 11.1 Å². The lowest BCUT2D eigenvalue weighted by molar-refractivity contribution is 0.0696. The Morgan fingerprint density at radius 2 is 1.72 bits per heavy atom. The molecule has 2 aromatic carbocycles. The molecule has 0 amide bonds. The van der Waals surface area contributed by atoms with Crippen LogP contribution < -0.4 is 14.2 Å². The molecule has 174 valence electrons. The van der Waals surface area contributed by atoms with Crippen LogP contribution in [0.1, 0.15) is 84.7 Å². The zero-order valence-corrected chi connectivity index (χ0v) is 19.5. The smallest absolute Gasteiger partial charge is 0.335 e. The van der Waals surface area contributed by atoms with Crippen LogP contribution in [0, 0.1) is 0 Å². The third kappa shape index (κ3) is 6.74. The van der Waals surface area contributed by atoms with Gasteiger partial charge in [-0.1, -0.05) is 45.6 Å². The third-order valence-electron chi connectivity index (χ3n) is 5.26. The van der Waals surface area contributed by atoms with Crippen molar-refractivity contribution in [2.45, 2.75) is 65.9 Å². The summed E-state index contributed by atoms with van der Waals surface area (Å²) in [7, 11) is 1.50. The number of Topliss-reactive ketones (excluding diaryl/α,β-unsaturated/α-hetero) is 1. The monoisotopic (exact) mass is 442 g/mol. The van der Waals surface area contributed by atoms with Gasteiger partial charge in [0.2, 0.25) is 0 Å². The minimum atomic E-state index is -1.01. The Morgan fingerprint density at radius 1 is 0.938 bits per heavy atom. The Labute approximate surface area is 190 Å². The summed E-state index contributed by atoms with van der Waals surface area (Å²) in [5.74, 6) is 0.672. The normalized spacial score (nSPS) is 10.6. The molecule has 32 heavy (non-hydrogen) atoms. The molecule has 0 aliphatic carbocycles. The van der Waals surface area contributed by atoms with Crippen molar-refractivity contribution in [1.82, 2.24) is 0 Å². The molecule has 6 heteroatoms. The van der Waals surface area contributed by atoms with E-state index in [4.69, 9.17) is 14.2 Å². The van der Waals surface area contributed by atoms with Gasteiger partial charge in [-0.2, -0.15) is 0 Å². The molecule has 0 unspecified atom stereocenters. The van der Waals surface area contributed by atoms with Gasteiger partial charge in [-0.15, -0.1) is 0 Å². The molecular weight excluding hydrogens is 408 g/mol. The highest BCUT2D eigenvalue weighted by molar-refractivity contribution is 5.97. The first-order valence-corrected chi connectivity index (χ1v) is 11.2. The molecule has 0 aliphatic rings. The number of carbonyl (C=O) groups excluding carboxylic acids is 1. The van der Waals surface area contributed by atoms with Crippen LogP contribution in [0.4, 0.5) is 0 Å². The predicted molar refractivity (Wildman–Crippen MR) is 124 cm³/mol. The molecule has 0 atom stereocenters. The highest BCUT2D eigenvalue weighted by Gasteiger charge is 2.19. The average Bonchev–Trinajstić information content (AvgIpc) is 2.78. The maximum atomic E-state index is 12.2. The van der Waals surface area contributed by atoms with Crippen LogP contribution in [0.5, 0.6) is 17.2 Å². The number of ketones is 1. The summed E-state index contributed by atoms with van der Waals surface area (Å²) in [6.45, 7) is 6.55. The van der Waals surface area contributed by atoms with E-state index in [1.54, 1.807) is 19.1 Å². The van der Waals surface area contributed by atoms with E-state index in [1.165, 1.54) is 19.2 Å². The van der Waals surface area contributed by atoms with Gasteiger partial charge < -0.3 is 19.3 Å². The summed E-state index contributed by atoms with van der Waals surface area (Å²) in [5.41, 5.74) is 2.34. The summed E-state index contributed by atoms with van der Waals surface area (Å²) in [4.78, 5) is 23.5. The Bertz CT molecular complexity index is 919. The Hall–Kier alpha value is -3.02. The molecule has 0 radical (unpaired) electrons. The fourth-order valence-electron chi connectivity index (χ4n) is 3.53. The van der Waals surface area contributed by atoms with Crippen molar-refractivity contribution in [1.29, 1.82) is 0 Å². The minimum Gasteiger partial charge on any atom is -0.496 e. The second kappa shape index (κ2) is 12.7. The fraction of sp³-hybridized carbons (Fsp3) is 0.462. The molecule has 0 spiro atoms. The number of carboxylic acids is 1. The number of aromatic carboxylic acids is 1. The molecule has 2 aromatic rings.